The van der Waals surface area contributed by atoms with Crippen LogP contribution in [0.2, 0.25) is 0 Å². The van der Waals surface area contributed by atoms with E-state index in [0.717, 1.165) is 62.1 Å². The van der Waals surface area contributed by atoms with E-state index in [2.05, 4.69) is 45.9 Å². The molecule has 0 spiro atoms. The lowest BCUT2D eigenvalue weighted by atomic mass is 9.99. The maximum absolute atomic E-state index is 12.8. The number of aromatic nitrogens is 2. The molecule has 0 radical (unpaired) electrons. The molecule has 1 aliphatic heterocycles. The highest BCUT2D eigenvalue weighted by Crippen LogP contribution is 2.23. The van der Waals surface area contributed by atoms with Gasteiger partial charge in [-0.2, -0.15) is 0 Å². The molecule has 0 atom stereocenters. The summed E-state index contributed by atoms with van der Waals surface area (Å²) in [5, 5.41) is 2.96. The molecular weight excluding hydrogens is 350 g/mol. The first-order chi connectivity index (χ1) is 13.5. The van der Waals surface area contributed by atoms with E-state index in [4.69, 9.17) is 0 Å². The minimum Gasteiger partial charge on any atom is -0.372 e. The van der Waals surface area contributed by atoms with Crippen molar-refractivity contribution in [2.45, 2.75) is 40.5 Å². The minimum absolute atomic E-state index is 0.201. The van der Waals surface area contributed by atoms with E-state index in [-0.39, 0.29) is 5.91 Å². The lowest BCUT2D eigenvalue weighted by molar-refractivity contribution is 0.102. The molecule has 28 heavy (non-hydrogen) atoms. The van der Waals surface area contributed by atoms with Gasteiger partial charge in [-0.1, -0.05) is 6.92 Å². The fraction of sp³-hybridized carbons (Fsp3) is 0.500. The summed E-state index contributed by atoms with van der Waals surface area (Å²) in [5.41, 5.74) is 2.34. The molecule has 2 heterocycles. The second-order valence-corrected chi connectivity index (χ2v) is 7.50. The first-order valence-electron chi connectivity index (χ1n) is 10.3. The largest absolute Gasteiger partial charge is 0.372 e. The maximum atomic E-state index is 12.8. The summed E-state index contributed by atoms with van der Waals surface area (Å²) in [5.74, 6) is 2.02. The Morgan fingerprint density at radius 2 is 1.79 bits per heavy atom. The van der Waals surface area contributed by atoms with Crippen LogP contribution < -0.4 is 15.1 Å². The Bertz CT molecular complexity index is 793. The number of aryl methyl sites for hydroxylation is 1. The second-order valence-electron chi connectivity index (χ2n) is 7.50. The van der Waals surface area contributed by atoms with Crippen molar-refractivity contribution in [2.24, 2.45) is 5.92 Å². The Morgan fingerprint density at radius 1 is 1.14 bits per heavy atom. The SMILES string of the molecule is CCN(CC)c1ccc(NC(=O)c2cc(N3CCC(C)CC3)nc(C)n2)cc1. The molecule has 2 aromatic rings. The van der Waals surface area contributed by atoms with E-state index in [0.29, 0.717) is 11.5 Å². The van der Waals surface area contributed by atoms with Crippen LogP contribution in [0, 0.1) is 12.8 Å². The molecule has 1 aliphatic rings. The average molecular weight is 382 g/mol. The zero-order chi connectivity index (χ0) is 20.1. The van der Waals surface area contributed by atoms with E-state index in [9.17, 15) is 4.79 Å². The molecule has 6 heteroatoms. The van der Waals surface area contributed by atoms with Gasteiger partial charge in [-0.15, -0.1) is 0 Å². The van der Waals surface area contributed by atoms with E-state index in [1.54, 1.807) is 0 Å². The summed E-state index contributed by atoms with van der Waals surface area (Å²) in [4.78, 5) is 26.2. The van der Waals surface area contributed by atoms with Gasteiger partial charge in [-0.25, -0.2) is 9.97 Å². The van der Waals surface area contributed by atoms with Crippen LogP contribution in [-0.4, -0.2) is 42.1 Å². The van der Waals surface area contributed by atoms with Crippen molar-refractivity contribution in [1.29, 1.82) is 0 Å². The number of carbonyl (C=O) groups is 1. The van der Waals surface area contributed by atoms with Crippen molar-refractivity contribution in [2.75, 3.05) is 41.3 Å². The molecule has 1 N–H and O–H groups in total. The van der Waals surface area contributed by atoms with Crippen LogP contribution in [0.15, 0.2) is 30.3 Å². The molecule has 3 rings (SSSR count). The monoisotopic (exact) mass is 381 g/mol. The predicted octanol–water partition coefficient (Wildman–Crippen LogP) is 4.12. The molecule has 0 bridgehead atoms. The fourth-order valence-corrected chi connectivity index (χ4v) is 3.61. The number of carbonyl (C=O) groups excluding carboxylic acids is 1. The van der Waals surface area contributed by atoms with Crippen LogP contribution in [0.3, 0.4) is 0 Å². The number of amides is 1. The summed E-state index contributed by atoms with van der Waals surface area (Å²) >= 11 is 0. The Balaban J connectivity index is 1.72. The van der Waals surface area contributed by atoms with E-state index < -0.39 is 0 Å². The zero-order valence-electron chi connectivity index (χ0n) is 17.4. The number of nitrogens with zero attached hydrogens (tertiary/aromatic N) is 4. The molecule has 1 saturated heterocycles. The van der Waals surface area contributed by atoms with Crippen molar-refractivity contribution in [3.63, 3.8) is 0 Å². The Kier molecular flexibility index (Phi) is 6.49. The predicted molar refractivity (Wildman–Crippen MR) is 115 cm³/mol. The lowest BCUT2D eigenvalue weighted by Gasteiger charge is -2.31. The quantitative estimate of drug-likeness (QED) is 0.815. The summed E-state index contributed by atoms with van der Waals surface area (Å²) in [6.45, 7) is 12.3. The molecule has 1 aromatic heterocycles. The van der Waals surface area contributed by atoms with Gasteiger partial charge in [0, 0.05) is 43.6 Å². The molecule has 0 saturated carbocycles. The molecule has 1 aromatic carbocycles. The van der Waals surface area contributed by atoms with Crippen LogP contribution in [0.4, 0.5) is 17.2 Å². The molecule has 0 aliphatic carbocycles. The van der Waals surface area contributed by atoms with Gasteiger partial charge in [0.1, 0.15) is 17.3 Å². The normalized spacial score (nSPS) is 14.8. The highest BCUT2D eigenvalue weighted by Gasteiger charge is 2.19. The van der Waals surface area contributed by atoms with Crippen LogP contribution in [0.25, 0.3) is 0 Å². The third-order valence-electron chi connectivity index (χ3n) is 5.42. The van der Waals surface area contributed by atoms with Gasteiger partial charge < -0.3 is 15.1 Å². The number of hydrogen-bond donors (Lipinski definition) is 1. The summed E-state index contributed by atoms with van der Waals surface area (Å²) < 4.78 is 0. The second kappa shape index (κ2) is 9.04. The number of benzene rings is 1. The minimum atomic E-state index is -0.201. The summed E-state index contributed by atoms with van der Waals surface area (Å²) in [6, 6.07) is 9.75. The molecular formula is C22H31N5O. The smallest absolute Gasteiger partial charge is 0.274 e. The van der Waals surface area contributed by atoms with Gasteiger partial charge in [0.05, 0.1) is 0 Å². The van der Waals surface area contributed by atoms with Crippen molar-refractivity contribution < 1.29 is 4.79 Å². The van der Waals surface area contributed by atoms with E-state index in [1.165, 1.54) is 0 Å². The van der Waals surface area contributed by atoms with Gasteiger partial charge >= 0.3 is 0 Å². The first-order valence-corrected chi connectivity index (χ1v) is 10.3. The Hall–Kier alpha value is -2.63. The Morgan fingerprint density at radius 3 is 2.39 bits per heavy atom. The topological polar surface area (TPSA) is 61.4 Å². The van der Waals surface area contributed by atoms with Crippen molar-refractivity contribution in [1.82, 2.24) is 9.97 Å². The highest BCUT2D eigenvalue weighted by molar-refractivity contribution is 6.03. The zero-order valence-corrected chi connectivity index (χ0v) is 17.4. The number of anilines is 3. The molecule has 1 amide bonds. The summed E-state index contributed by atoms with van der Waals surface area (Å²) in [6.07, 6.45) is 2.31. The average Bonchev–Trinajstić information content (AvgIpc) is 2.70. The van der Waals surface area contributed by atoms with E-state index in [1.807, 2.05) is 37.3 Å². The van der Waals surface area contributed by atoms with Gasteiger partial charge in [-0.3, -0.25) is 4.79 Å². The fourth-order valence-electron chi connectivity index (χ4n) is 3.61. The molecule has 0 unspecified atom stereocenters. The van der Waals surface area contributed by atoms with Crippen LogP contribution >= 0.6 is 0 Å². The van der Waals surface area contributed by atoms with Gasteiger partial charge in [0.25, 0.3) is 5.91 Å². The third kappa shape index (κ3) is 4.80. The van der Waals surface area contributed by atoms with Crippen molar-refractivity contribution in [3.8, 4) is 0 Å². The molecule has 1 fully saturated rings. The number of rotatable bonds is 6. The van der Waals surface area contributed by atoms with Crippen molar-refractivity contribution >= 4 is 23.1 Å². The number of hydrogen-bond acceptors (Lipinski definition) is 5. The van der Waals surface area contributed by atoms with Crippen LogP contribution in [0.5, 0.6) is 0 Å². The van der Waals surface area contributed by atoms with Gasteiger partial charge in [-0.05, 0) is 63.8 Å². The first kappa shape index (κ1) is 20.1. The van der Waals surface area contributed by atoms with Crippen LogP contribution in [0.1, 0.15) is 49.9 Å². The molecule has 150 valence electrons. The number of nitrogens with one attached hydrogen (secondary N) is 1. The van der Waals surface area contributed by atoms with E-state index >= 15 is 0 Å². The standard InChI is InChI=1S/C22H31N5O/c1-5-26(6-2)19-9-7-18(8-10-19)25-22(28)20-15-21(24-17(4)23-20)27-13-11-16(3)12-14-27/h7-10,15-16H,5-6,11-14H2,1-4H3,(H,25,28). The van der Waals surface area contributed by atoms with Gasteiger partial charge in [0.15, 0.2) is 0 Å². The lowest BCUT2D eigenvalue weighted by Crippen LogP contribution is -2.34. The Labute approximate surface area is 168 Å². The highest BCUT2D eigenvalue weighted by atomic mass is 16.1. The maximum Gasteiger partial charge on any atom is 0.274 e. The summed E-state index contributed by atoms with van der Waals surface area (Å²) in [7, 11) is 0. The third-order valence-corrected chi connectivity index (χ3v) is 5.42. The number of piperidine rings is 1. The van der Waals surface area contributed by atoms with Crippen LogP contribution in [-0.2, 0) is 0 Å². The van der Waals surface area contributed by atoms with Crippen molar-refractivity contribution in [3.05, 3.63) is 41.9 Å². The molecule has 6 nitrogen and oxygen atoms in total. The van der Waals surface area contributed by atoms with Gasteiger partial charge in [0.2, 0.25) is 0 Å².